The van der Waals surface area contributed by atoms with Crippen LogP contribution >= 0.6 is 8.60 Å². The summed E-state index contributed by atoms with van der Waals surface area (Å²) in [6.07, 6.45) is 7.21. The zero-order valence-corrected chi connectivity index (χ0v) is 14.3. The molecule has 2 aliphatic carbocycles. The minimum Gasteiger partial charge on any atom is -0.418 e. The molecule has 0 amide bonds. The monoisotopic (exact) mass is 340 g/mol. The van der Waals surface area contributed by atoms with Crippen LogP contribution in [0.3, 0.4) is 0 Å². The molecule has 0 radical (unpaired) electrons. The summed E-state index contributed by atoms with van der Waals surface area (Å²) in [5.74, 6) is 3.55. The number of rotatable bonds is 7. The second kappa shape index (κ2) is 7.38. The van der Waals surface area contributed by atoms with Crippen LogP contribution in [0.15, 0.2) is 72.8 Å². The molecule has 4 rings (SSSR count). The number of hydrogen-bond acceptors (Lipinski definition) is 3. The van der Waals surface area contributed by atoms with Crippen LogP contribution in [0.4, 0.5) is 0 Å². The van der Waals surface area contributed by atoms with Crippen molar-refractivity contribution in [3.63, 3.8) is 0 Å². The number of benzene rings is 2. The van der Waals surface area contributed by atoms with Crippen molar-refractivity contribution in [2.75, 3.05) is 6.61 Å². The Labute approximate surface area is 144 Å². The van der Waals surface area contributed by atoms with Crippen LogP contribution in [-0.2, 0) is 4.52 Å². The second-order valence-electron chi connectivity index (χ2n) is 6.37. The first-order valence-corrected chi connectivity index (χ1v) is 9.54. The minimum absolute atomic E-state index is 0.587. The van der Waals surface area contributed by atoms with Crippen molar-refractivity contribution < 1.29 is 13.6 Å². The summed E-state index contributed by atoms with van der Waals surface area (Å²) >= 11 is 0. The molecule has 0 heterocycles. The van der Waals surface area contributed by atoms with Gasteiger partial charge in [0.25, 0.3) is 0 Å². The van der Waals surface area contributed by atoms with E-state index in [-0.39, 0.29) is 0 Å². The Morgan fingerprint density at radius 2 is 1.42 bits per heavy atom. The first-order chi connectivity index (χ1) is 11.9. The fraction of sp³-hybridized carbons (Fsp3) is 0.300. The van der Waals surface area contributed by atoms with Gasteiger partial charge in [-0.05, 0) is 54.9 Å². The number of hydrogen-bond donors (Lipinski definition) is 0. The van der Waals surface area contributed by atoms with Crippen LogP contribution in [0.25, 0.3) is 0 Å². The molecule has 2 bridgehead atoms. The van der Waals surface area contributed by atoms with Gasteiger partial charge in [0.2, 0.25) is 0 Å². The van der Waals surface area contributed by atoms with E-state index < -0.39 is 8.60 Å². The molecule has 0 aliphatic heterocycles. The van der Waals surface area contributed by atoms with Crippen LogP contribution in [0.2, 0.25) is 0 Å². The standard InChI is InChI=1S/C20H21O3P/c1-3-7-19(8-4-1)22-24(23-20-9-5-2-6-10-20)21-15-18-14-16-11-12-17(18)13-16/h1-12,16-18H,13-15H2. The van der Waals surface area contributed by atoms with E-state index in [0.29, 0.717) is 18.4 Å². The molecular weight excluding hydrogens is 319 g/mol. The molecule has 3 unspecified atom stereocenters. The van der Waals surface area contributed by atoms with Crippen LogP contribution in [0.1, 0.15) is 12.8 Å². The third-order valence-corrected chi connectivity index (χ3v) is 5.74. The van der Waals surface area contributed by atoms with Crippen molar-refractivity contribution in [2.24, 2.45) is 17.8 Å². The topological polar surface area (TPSA) is 27.7 Å². The molecule has 1 saturated carbocycles. The first kappa shape index (κ1) is 15.7. The predicted octanol–water partition coefficient (Wildman–Crippen LogP) is 5.60. The second-order valence-corrected chi connectivity index (χ2v) is 7.44. The van der Waals surface area contributed by atoms with Gasteiger partial charge in [-0.15, -0.1) is 0 Å². The summed E-state index contributed by atoms with van der Waals surface area (Å²) in [6.45, 7) is 0.691. The lowest BCUT2D eigenvalue weighted by molar-refractivity contribution is 0.203. The summed E-state index contributed by atoms with van der Waals surface area (Å²) in [6, 6.07) is 19.4. The Bertz CT molecular complexity index is 632. The van der Waals surface area contributed by atoms with Crippen molar-refractivity contribution in [2.45, 2.75) is 12.8 Å². The van der Waals surface area contributed by atoms with Gasteiger partial charge in [0.15, 0.2) is 0 Å². The average molecular weight is 340 g/mol. The van der Waals surface area contributed by atoms with E-state index in [4.69, 9.17) is 13.6 Å². The largest absolute Gasteiger partial charge is 0.463 e. The van der Waals surface area contributed by atoms with Crippen molar-refractivity contribution in [3.05, 3.63) is 72.8 Å². The Kier molecular flexibility index (Phi) is 4.82. The Morgan fingerprint density at radius 1 is 0.792 bits per heavy atom. The highest BCUT2D eigenvalue weighted by Gasteiger charge is 2.36. The van der Waals surface area contributed by atoms with Crippen LogP contribution in [-0.4, -0.2) is 6.61 Å². The molecule has 1 fully saturated rings. The maximum Gasteiger partial charge on any atom is 0.463 e. The molecule has 124 valence electrons. The number of allylic oxidation sites excluding steroid dienone is 2. The van der Waals surface area contributed by atoms with E-state index in [9.17, 15) is 0 Å². The summed E-state index contributed by atoms with van der Waals surface area (Å²) in [7, 11) is -1.46. The number of fused-ring (bicyclic) bond motifs is 2. The minimum atomic E-state index is -1.46. The molecule has 4 heteroatoms. The predicted molar refractivity (Wildman–Crippen MR) is 95.9 cm³/mol. The zero-order valence-electron chi connectivity index (χ0n) is 13.5. The Balaban J connectivity index is 1.40. The molecule has 2 aliphatic rings. The fourth-order valence-electron chi connectivity index (χ4n) is 3.45. The van der Waals surface area contributed by atoms with Crippen LogP contribution in [0.5, 0.6) is 11.5 Å². The van der Waals surface area contributed by atoms with Gasteiger partial charge in [0.05, 0.1) is 6.61 Å². The van der Waals surface area contributed by atoms with E-state index in [2.05, 4.69) is 12.2 Å². The molecule has 2 aromatic rings. The molecule has 0 N–H and O–H groups in total. The van der Waals surface area contributed by atoms with Crippen molar-refractivity contribution in [3.8, 4) is 11.5 Å². The van der Waals surface area contributed by atoms with Gasteiger partial charge >= 0.3 is 8.60 Å². The third-order valence-electron chi connectivity index (χ3n) is 4.66. The molecule has 0 aromatic heterocycles. The summed E-state index contributed by atoms with van der Waals surface area (Å²) in [5, 5.41) is 0. The smallest absolute Gasteiger partial charge is 0.418 e. The van der Waals surface area contributed by atoms with E-state index >= 15 is 0 Å². The van der Waals surface area contributed by atoms with E-state index in [1.165, 1.54) is 12.8 Å². The normalized spacial score (nSPS) is 24.5. The molecule has 24 heavy (non-hydrogen) atoms. The maximum absolute atomic E-state index is 6.07. The molecular formula is C20H21O3P. The highest BCUT2D eigenvalue weighted by atomic mass is 31.2. The molecule has 2 aromatic carbocycles. The average Bonchev–Trinajstić information content (AvgIpc) is 3.24. The van der Waals surface area contributed by atoms with E-state index in [1.54, 1.807) is 0 Å². The van der Waals surface area contributed by atoms with Gasteiger partial charge < -0.3 is 9.05 Å². The summed E-state index contributed by atoms with van der Waals surface area (Å²) in [5.41, 5.74) is 0. The van der Waals surface area contributed by atoms with Crippen LogP contribution < -0.4 is 9.05 Å². The lowest BCUT2D eigenvalue weighted by atomic mass is 9.95. The van der Waals surface area contributed by atoms with Crippen molar-refractivity contribution in [1.29, 1.82) is 0 Å². The van der Waals surface area contributed by atoms with E-state index in [0.717, 1.165) is 17.4 Å². The lowest BCUT2D eigenvalue weighted by Gasteiger charge is -2.22. The quantitative estimate of drug-likeness (QED) is 0.485. The van der Waals surface area contributed by atoms with Gasteiger partial charge in [-0.3, -0.25) is 4.52 Å². The van der Waals surface area contributed by atoms with Gasteiger partial charge in [0.1, 0.15) is 11.5 Å². The zero-order chi connectivity index (χ0) is 16.2. The Hall–Kier alpha value is -1.83. The highest BCUT2D eigenvalue weighted by Crippen LogP contribution is 2.47. The summed E-state index contributed by atoms with van der Waals surface area (Å²) in [4.78, 5) is 0. The van der Waals surface area contributed by atoms with Gasteiger partial charge in [-0.25, -0.2) is 0 Å². The molecule has 0 spiro atoms. The molecule has 3 atom stereocenters. The van der Waals surface area contributed by atoms with Gasteiger partial charge in [-0.2, -0.15) is 0 Å². The Morgan fingerprint density at radius 3 is 1.92 bits per heavy atom. The SMILES string of the molecule is C1=CC2CC1CC2COP(Oc1ccccc1)Oc1ccccc1. The van der Waals surface area contributed by atoms with Crippen molar-refractivity contribution in [1.82, 2.24) is 0 Å². The lowest BCUT2D eigenvalue weighted by Crippen LogP contribution is -2.14. The molecule has 3 nitrogen and oxygen atoms in total. The molecule has 0 saturated heterocycles. The maximum atomic E-state index is 6.07. The summed E-state index contributed by atoms with van der Waals surface area (Å²) < 4.78 is 18.0. The van der Waals surface area contributed by atoms with Crippen molar-refractivity contribution >= 4 is 8.60 Å². The fourth-order valence-corrected chi connectivity index (χ4v) is 4.49. The first-order valence-electron chi connectivity index (χ1n) is 8.44. The van der Waals surface area contributed by atoms with Gasteiger partial charge in [-0.1, -0.05) is 48.6 Å². The third kappa shape index (κ3) is 3.80. The van der Waals surface area contributed by atoms with Gasteiger partial charge in [0, 0.05) is 0 Å². The van der Waals surface area contributed by atoms with E-state index in [1.807, 2.05) is 60.7 Å². The highest BCUT2D eigenvalue weighted by molar-refractivity contribution is 7.42. The van der Waals surface area contributed by atoms with Crippen LogP contribution in [0, 0.1) is 17.8 Å². The number of para-hydroxylation sites is 2.